The van der Waals surface area contributed by atoms with Crippen molar-refractivity contribution in [3.63, 3.8) is 0 Å². The van der Waals surface area contributed by atoms with Gasteiger partial charge in [-0.25, -0.2) is 4.28 Å². The van der Waals surface area contributed by atoms with E-state index in [0.29, 0.717) is 0 Å². The lowest BCUT2D eigenvalue weighted by molar-refractivity contribution is 0.485. The molecule has 0 aliphatic rings. The first kappa shape index (κ1) is 11.4. The molecule has 0 fully saturated rings. The maximum absolute atomic E-state index is 4.68. The molecule has 0 aromatic heterocycles. The molecular formula is C11H17NOS. The molecule has 78 valence electrons. The van der Waals surface area contributed by atoms with Gasteiger partial charge in [-0.2, -0.15) is 0 Å². The lowest BCUT2D eigenvalue weighted by Gasteiger charge is -2.18. The third kappa shape index (κ3) is 1.74. The van der Waals surface area contributed by atoms with Crippen molar-refractivity contribution < 1.29 is 4.28 Å². The summed E-state index contributed by atoms with van der Waals surface area (Å²) < 4.78 is 4.68. The lowest BCUT2D eigenvalue weighted by atomic mass is 9.93. The minimum Gasteiger partial charge on any atom is -0.254 e. The molecule has 0 heterocycles. The second kappa shape index (κ2) is 4.24. The Morgan fingerprint density at radius 3 is 1.50 bits per heavy atom. The van der Waals surface area contributed by atoms with E-state index in [1.165, 1.54) is 27.8 Å². The third-order valence-corrected chi connectivity index (χ3v) is 3.24. The normalized spacial score (nSPS) is 10.4. The highest BCUT2D eigenvalue weighted by atomic mass is 32.1. The highest BCUT2D eigenvalue weighted by Crippen LogP contribution is 2.30. The van der Waals surface area contributed by atoms with Gasteiger partial charge in [0.1, 0.15) is 0 Å². The van der Waals surface area contributed by atoms with Crippen LogP contribution in [0.2, 0.25) is 0 Å². The maximum Gasteiger partial charge on any atom is 0.0680 e. The van der Waals surface area contributed by atoms with Gasteiger partial charge in [0.25, 0.3) is 0 Å². The van der Waals surface area contributed by atoms with Crippen LogP contribution >= 0.6 is 12.9 Å². The van der Waals surface area contributed by atoms with Crippen molar-refractivity contribution in [3.8, 4) is 0 Å². The number of anilines is 1. The Labute approximate surface area is 91.2 Å². The van der Waals surface area contributed by atoms with Crippen molar-refractivity contribution in [1.29, 1.82) is 0 Å². The Hall–Kier alpha value is -0.670. The second-order valence-electron chi connectivity index (χ2n) is 3.69. The smallest absolute Gasteiger partial charge is 0.0680 e. The zero-order valence-electron chi connectivity index (χ0n) is 9.36. The van der Waals surface area contributed by atoms with Gasteiger partial charge in [0, 0.05) is 12.9 Å². The van der Waals surface area contributed by atoms with E-state index in [2.05, 4.69) is 57.3 Å². The molecular weight excluding hydrogens is 194 g/mol. The summed E-state index contributed by atoms with van der Waals surface area (Å²) in [5, 5.41) is 0. The fraction of sp³-hybridized carbons (Fsp3) is 0.455. The van der Waals surface area contributed by atoms with Crippen molar-refractivity contribution in [2.24, 2.45) is 0 Å². The van der Waals surface area contributed by atoms with Gasteiger partial charge in [-0.05, 0) is 62.4 Å². The van der Waals surface area contributed by atoms with Crippen LogP contribution in [-0.2, 0) is 4.28 Å². The molecule has 1 rings (SSSR count). The van der Waals surface area contributed by atoms with Gasteiger partial charge >= 0.3 is 0 Å². The lowest BCUT2D eigenvalue weighted by Crippen LogP contribution is -2.03. The average Bonchev–Trinajstić information content (AvgIpc) is 2.19. The van der Waals surface area contributed by atoms with E-state index in [1.807, 2.05) is 0 Å². The molecule has 1 aromatic rings. The molecule has 1 aromatic carbocycles. The van der Waals surface area contributed by atoms with Crippen LogP contribution in [0.15, 0.2) is 0 Å². The van der Waals surface area contributed by atoms with E-state index in [0.717, 1.165) is 5.69 Å². The summed E-state index contributed by atoms with van der Waals surface area (Å²) in [7, 11) is 0. The molecule has 2 nitrogen and oxygen atoms in total. The molecule has 0 aliphatic carbocycles. The van der Waals surface area contributed by atoms with Crippen molar-refractivity contribution >= 4 is 18.6 Å². The van der Waals surface area contributed by atoms with E-state index in [4.69, 9.17) is 0 Å². The van der Waals surface area contributed by atoms with Crippen molar-refractivity contribution in [2.75, 3.05) is 5.48 Å². The fourth-order valence-corrected chi connectivity index (χ4v) is 1.79. The summed E-state index contributed by atoms with van der Waals surface area (Å²) in [6.45, 7) is 10.6. The first-order chi connectivity index (χ1) is 6.50. The van der Waals surface area contributed by atoms with E-state index in [1.54, 1.807) is 0 Å². The monoisotopic (exact) mass is 211 g/mol. The summed E-state index contributed by atoms with van der Waals surface area (Å²) in [4.78, 5) is 0. The van der Waals surface area contributed by atoms with E-state index >= 15 is 0 Å². The van der Waals surface area contributed by atoms with Gasteiger partial charge < -0.3 is 0 Å². The first-order valence-corrected chi connectivity index (χ1v) is 5.00. The Morgan fingerprint density at radius 1 is 0.786 bits per heavy atom. The Kier molecular flexibility index (Phi) is 3.45. The highest BCUT2D eigenvalue weighted by Gasteiger charge is 2.11. The van der Waals surface area contributed by atoms with Crippen LogP contribution < -0.4 is 5.48 Å². The molecule has 1 N–H and O–H groups in total. The number of hydrogen-bond donors (Lipinski definition) is 2. The summed E-state index contributed by atoms with van der Waals surface area (Å²) in [5.74, 6) is 0. The Bertz CT molecular complexity index is 332. The van der Waals surface area contributed by atoms with Crippen LogP contribution in [-0.4, -0.2) is 0 Å². The zero-order chi connectivity index (χ0) is 10.9. The van der Waals surface area contributed by atoms with Crippen molar-refractivity contribution in [2.45, 2.75) is 34.6 Å². The minimum absolute atomic E-state index is 1.03. The van der Waals surface area contributed by atoms with Gasteiger partial charge in [0.05, 0.1) is 5.69 Å². The van der Waals surface area contributed by atoms with E-state index in [-0.39, 0.29) is 0 Å². The molecule has 0 amide bonds. The third-order valence-electron chi connectivity index (χ3n) is 3.15. The number of rotatable bonds is 2. The van der Waals surface area contributed by atoms with Gasteiger partial charge in [-0.15, -0.1) is 0 Å². The molecule has 0 atom stereocenters. The highest BCUT2D eigenvalue weighted by molar-refractivity contribution is 7.75. The number of thiol groups is 1. The molecule has 0 aliphatic heterocycles. The van der Waals surface area contributed by atoms with Crippen LogP contribution in [0.25, 0.3) is 0 Å². The van der Waals surface area contributed by atoms with Crippen LogP contribution in [0, 0.1) is 34.6 Å². The topological polar surface area (TPSA) is 21.3 Å². The second-order valence-corrected chi connectivity index (χ2v) is 3.88. The minimum atomic E-state index is 1.03. The first-order valence-electron chi connectivity index (χ1n) is 4.64. The predicted molar refractivity (Wildman–Crippen MR) is 63.8 cm³/mol. The summed E-state index contributed by atoms with van der Waals surface area (Å²) in [6, 6.07) is 0. The SMILES string of the molecule is Cc1c(C)c(C)c(NOS)c(C)c1C. The summed E-state index contributed by atoms with van der Waals surface area (Å²) >= 11 is 3.71. The molecule has 0 spiro atoms. The largest absolute Gasteiger partial charge is 0.254 e. The number of nitrogens with one attached hydrogen (secondary N) is 1. The number of benzene rings is 1. The van der Waals surface area contributed by atoms with Crippen molar-refractivity contribution in [1.82, 2.24) is 0 Å². The Balaban J connectivity index is 3.43. The molecule has 0 bridgehead atoms. The van der Waals surface area contributed by atoms with Crippen LogP contribution in [0.1, 0.15) is 27.8 Å². The van der Waals surface area contributed by atoms with Crippen LogP contribution in [0.3, 0.4) is 0 Å². The standard InChI is InChI=1S/C11H17NOS/c1-6-7(2)9(4)11(12-13-14)10(5)8(6)3/h12,14H,1-5H3. The van der Waals surface area contributed by atoms with E-state index < -0.39 is 0 Å². The zero-order valence-corrected chi connectivity index (χ0v) is 10.2. The molecule has 0 radical (unpaired) electrons. The molecule has 3 heteroatoms. The van der Waals surface area contributed by atoms with Crippen LogP contribution in [0.5, 0.6) is 0 Å². The van der Waals surface area contributed by atoms with Gasteiger partial charge in [-0.3, -0.25) is 5.48 Å². The molecule has 0 saturated carbocycles. The van der Waals surface area contributed by atoms with Crippen molar-refractivity contribution in [3.05, 3.63) is 27.8 Å². The molecule has 0 unspecified atom stereocenters. The van der Waals surface area contributed by atoms with Gasteiger partial charge in [0.2, 0.25) is 0 Å². The average molecular weight is 211 g/mol. The van der Waals surface area contributed by atoms with Crippen LogP contribution in [0.4, 0.5) is 5.69 Å². The quantitative estimate of drug-likeness (QED) is 0.444. The van der Waals surface area contributed by atoms with Gasteiger partial charge in [0.15, 0.2) is 0 Å². The Morgan fingerprint density at radius 2 is 1.14 bits per heavy atom. The van der Waals surface area contributed by atoms with Gasteiger partial charge in [-0.1, -0.05) is 0 Å². The predicted octanol–water partition coefficient (Wildman–Crippen LogP) is 3.42. The van der Waals surface area contributed by atoms with E-state index in [9.17, 15) is 0 Å². The summed E-state index contributed by atoms with van der Waals surface area (Å²) in [5.41, 5.74) is 10.3. The molecule has 0 saturated heterocycles. The fourth-order valence-electron chi connectivity index (χ4n) is 1.70. The molecule has 14 heavy (non-hydrogen) atoms. The summed E-state index contributed by atoms with van der Waals surface area (Å²) in [6.07, 6.45) is 0. The maximum atomic E-state index is 4.68. The number of hydrogen-bond acceptors (Lipinski definition) is 3.